The number of amides is 1. The van der Waals surface area contributed by atoms with Crippen LogP contribution < -0.4 is 5.32 Å². The number of nitrogens with zero attached hydrogens (tertiary/aromatic N) is 3. The van der Waals surface area contributed by atoms with E-state index in [9.17, 15) is 9.18 Å². The van der Waals surface area contributed by atoms with Gasteiger partial charge in [0.2, 0.25) is 0 Å². The lowest BCUT2D eigenvalue weighted by Crippen LogP contribution is -2.22. The van der Waals surface area contributed by atoms with Gasteiger partial charge in [-0.25, -0.2) is 9.07 Å². The predicted molar refractivity (Wildman–Crippen MR) is 78.9 cm³/mol. The summed E-state index contributed by atoms with van der Waals surface area (Å²) in [6.07, 6.45) is 1.71. The number of rotatable bonds is 5. The lowest BCUT2D eigenvalue weighted by Gasteiger charge is -2.11. The largest absolute Gasteiger partial charge is 0.343 e. The minimum absolute atomic E-state index is 0.163. The minimum atomic E-state index is -0.289. The number of hydrogen-bond donors (Lipinski definition) is 1. The van der Waals surface area contributed by atoms with Crippen LogP contribution in [0.15, 0.2) is 30.5 Å². The number of benzene rings is 1. The zero-order valence-electron chi connectivity index (χ0n) is 12.4. The summed E-state index contributed by atoms with van der Waals surface area (Å²) < 4.78 is 15.0. The van der Waals surface area contributed by atoms with Crippen LogP contribution in [0.5, 0.6) is 0 Å². The van der Waals surface area contributed by atoms with Crippen molar-refractivity contribution in [2.75, 3.05) is 20.6 Å². The van der Waals surface area contributed by atoms with E-state index in [4.69, 9.17) is 0 Å². The Morgan fingerprint density at radius 3 is 2.81 bits per heavy atom. The number of aromatic nitrogens is 2. The van der Waals surface area contributed by atoms with Crippen molar-refractivity contribution in [2.45, 2.75) is 13.5 Å². The third-order valence-corrected chi connectivity index (χ3v) is 3.07. The van der Waals surface area contributed by atoms with Crippen LogP contribution in [0.4, 0.5) is 4.39 Å². The monoisotopic (exact) mass is 290 g/mol. The van der Waals surface area contributed by atoms with Crippen molar-refractivity contribution in [3.8, 4) is 5.69 Å². The molecule has 0 fully saturated rings. The Hall–Kier alpha value is -2.21. The van der Waals surface area contributed by atoms with Gasteiger partial charge >= 0.3 is 0 Å². The molecule has 112 valence electrons. The highest BCUT2D eigenvalue weighted by atomic mass is 19.1. The van der Waals surface area contributed by atoms with Crippen LogP contribution >= 0.6 is 0 Å². The Labute approximate surface area is 123 Å². The van der Waals surface area contributed by atoms with E-state index in [2.05, 4.69) is 10.4 Å². The van der Waals surface area contributed by atoms with E-state index in [1.165, 1.54) is 17.0 Å². The second kappa shape index (κ2) is 6.49. The zero-order valence-corrected chi connectivity index (χ0v) is 12.4. The Bertz CT molecular complexity index is 636. The molecule has 0 atom stereocenters. The Kier molecular flexibility index (Phi) is 4.70. The molecule has 0 saturated carbocycles. The molecule has 1 N–H and O–H groups in total. The molecule has 0 radical (unpaired) electrons. The molecule has 1 amide bonds. The molecule has 2 rings (SSSR count). The summed E-state index contributed by atoms with van der Waals surface area (Å²) in [6.45, 7) is 3.32. The van der Waals surface area contributed by atoms with Crippen LogP contribution in [0, 0.1) is 5.82 Å². The van der Waals surface area contributed by atoms with Gasteiger partial charge in [0.05, 0.1) is 5.69 Å². The highest BCUT2D eigenvalue weighted by Crippen LogP contribution is 2.16. The molecule has 0 unspecified atom stereocenters. The Balaban J connectivity index is 2.35. The minimum Gasteiger partial charge on any atom is -0.343 e. The van der Waals surface area contributed by atoms with Gasteiger partial charge in [-0.15, -0.1) is 0 Å². The third-order valence-electron chi connectivity index (χ3n) is 3.07. The highest BCUT2D eigenvalue weighted by Gasteiger charge is 2.13. The van der Waals surface area contributed by atoms with E-state index in [1.807, 2.05) is 6.92 Å². The maximum atomic E-state index is 13.4. The maximum absolute atomic E-state index is 13.4. The summed E-state index contributed by atoms with van der Waals surface area (Å²) in [5.41, 5.74) is 1.91. The van der Waals surface area contributed by atoms with E-state index in [0.717, 1.165) is 17.8 Å². The standard InChI is InChI=1S/C15H19FN4O/c1-4-17-10-11-9-12(16)5-6-14(11)20-8-7-13(18-20)15(21)19(2)3/h5-9,17H,4,10H2,1-3H3. The Morgan fingerprint density at radius 1 is 1.38 bits per heavy atom. The van der Waals surface area contributed by atoms with Crippen molar-refractivity contribution in [2.24, 2.45) is 0 Å². The summed E-state index contributed by atoms with van der Waals surface area (Å²) in [6, 6.07) is 6.19. The van der Waals surface area contributed by atoms with Crippen molar-refractivity contribution in [1.82, 2.24) is 20.0 Å². The average Bonchev–Trinajstić information content (AvgIpc) is 2.93. The van der Waals surface area contributed by atoms with E-state index < -0.39 is 0 Å². The van der Waals surface area contributed by atoms with Crippen LogP contribution in [-0.4, -0.2) is 41.2 Å². The number of carbonyl (C=O) groups is 1. The first-order chi connectivity index (χ1) is 10.0. The van der Waals surface area contributed by atoms with Crippen LogP contribution in [0.3, 0.4) is 0 Å². The van der Waals surface area contributed by atoms with E-state index in [1.54, 1.807) is 37.1 Å². The molecular formula is C15H19FN4O. The summed E-state index contributed by atoms with van der Waals surface area (Å²) in [7, 11) is 3.35. The first kappa shape index (κ1) is 15.2. The molecule has 1 aromatic heterocycles. The molecular weight excluding hydrogens is 271 g/mol. The molecule has 0 aliphatic heterocycles. The lowest BCUT2D eigenvalue weighted by molar-refractivity contribution is 0.0821. The molecule has 0 aliphatic carbocycles. The molecule has 1 heterocycles. The first-order valence-corrected chi connectivity index (χ1v) is 6.79. The predicted octanol–water partition coefficient (Wildman–Crippen LogP) is 1.82. The SMILES string of the molecule is CCNCc1cc(F)ccc1-n1ccc(C(=O)N(C)C)n1. The van der Waals surface area contributed by atoms with E-state index in [-0.39, 0.29) is 11.7 Å². The van der Waals surface area contributed by atoms with Gasteiger partial charge in [0.15, 0.2) is 5.69 Å². The van der Waals surface area contributed by atoms with Crippen molar-refractivity contribution in [3.05, 3.63) is 47.5 Å². The van der Waals surface area contributed by atoms with Crippen LogP contribution in [-0.2, 0) is 6.54 Å². The van der Waals surface area contributed by atoms with Gasteiger partial charge in [-0.3, -0.25) is 4.79 Å². The van der Waals surface area contributed by atoms with Gasteiger partial charge in [-0.05, 0) is 36.4 Å². The fourth-order valence-electron chi connectivity index (χ4n) is 1.98. The summed E-state index contributed by atoms with van der Waals surface area (Å²) >= 11 is 0. The molecule has 1 aromatic carbocycles. The van der Waals surface area contributed by atoms with Gasteiger partial charge in [0.1, 0.15) is 5.82 Å². The molecule has 0 saturated heterocycles. The average molecular weight is 290 g/mol. The number of nitrogens with one attached hydrogen (secondary N) is 1. The summed E-state index contributed by atoms with van der Waals surface area (Å²) in [5.74, 6) is -0.451. The molecule has 21 heavy (non-hydrogen) atoms. The number of carbonyl (C=O) groups excluding carboxylic acids is 1. The quantitative estimate of drug-likeness (QED) is 0.914. The first-order valence-electron chi connectivity index (χ1n) is 6.79. The van der Waals surface area contributed by atoms with Crippen LogP contribution in [0.25, 0.3) is 5.69 Å². The second-order valence-corrected chi connectivity index (χ2v) is 4.90. The normalized spacial score (nSPS) is 10.7. The Morgan fingerprint density at radius 2 is 2.14 bits per heavy atom. The molecule has 0 aliphatic rings. The van der Waals surface area contributed by atoms with Crippen LogP contribution in [0.1, 0.15) is 23.0 Å². The molecule has 0 bridgehead atoms. The molecule has 6 heteroatoms. The summed E-state index contributed by atoms with van der Waals surface area (Å²) in [4.78, 5) is 13.3. The van der Waals surface area contributed by atoms with Crippen LogP contribution in [0.2, 0.25) is 0 Å². The smallest absolute Gasteiger partial charge is 0.273 e. The third kappa shape index (κ3) is 3.46. The second-order valence-electron chi connectivity index (χ2n) is 4.90. The van der Waals surface area contributed by atoms with Crippen molar-refractivity contribution in [3.63, 3.8) is 0 Å². The lowest BCUT2D eigenvalue weighted by atomic mass is 10.1. The van der Waals surface area contributed by atoms with Gasteiger partial charge in [0, 0.05) is 26.8 Å². The fourth-order valence-corrected chi connectivity index (χ4v) is 1.98. The van der Waals surface area contributed by atoms with E-state index >= 15 is 0 Å². The van der Waals surface area contributed by atoms with Gasteiger partial charge in [0.25, 0.3) is 5.91 Å². The zero-order chi connectivity index (χ0) is 15.4. The molecule has 0 spiro atoms. The van der Waals surface area contributed by atoms with Crippen molar-refractivity contribution < 1.29 is 9.18 Å². The topological polar surface area (TPSA) is 50.2 Å². The summed E-state index contributed by atoms with van der Waals surface area (Å²) in [5, 5.41) is 7.44. The van der Waals surface area contributed by atoms with Crippen molar-refractivity contribution >= 4 is 5.91 Å². The number of hydrogen-bond acceptors (Lipinski definition) is 3. The molecule has 2 aromatic rings. The van der Waals surface area contributed by atoms with Crippen molar-refractivity contribution in [1.29, 1.82) is 0 Å². The van der Waals surface area contributed by atoms with E-state index in [0.29, 0.717) is 12.2 Å². The van der Waals surface area contributed by atoms with Gasteiger partial charge in [-0.1, -0.05) is 6.92 Å². The number of halogens is 1. The highest BCUT2D eigenvalue weighted by molar-refractivity contribution is 5.91. The van der Waals surface area contributed by atoms with Gasteiger partial charge in [-0.2, -0.15) is 5.10 Å². The maximum Gasteiger partial charge on any atom is 0.273 e. The van der Waals surface area contributed by atoms with Gasteiger partial charge < -0.3 is 10.2 Å². The fraction of sp³-hybridized carbons (Fsp3) is 0.333. The molecule has 5 nitrogen and oxygen atoms in total.